The van der Waals surface area contributed by atoms with Crippen molar-refractivity contribution in [1.29, 1.82) is 0 Å². The molecule has 0 saturated carbocycles. The minimum Gasteiger partial charge on any atom is -0.356 e. The third-order valence-electron chi connectivity index (χ3n) is 9.13. The van der Waals surface area contributed by atoms with Gasteiger partial charge in [-0.1, -0.05) is 42.5 Å². The highest BCUT2D eigenvalue weighted by molar-refractivity contribution is 5.97. The van der Waals surface area contributed by atoms with Gasteiger partial charge >= 0.3 is 0 Å². The summed E-state index contributed by atoms with van der Waals surface area (Å²) in [5.74, 6) is 0.987. The molecule has 2 aliphatic heterocycles. The van der Waals surface area contributed by atoms with Crippen LogP contribution in [0.25, 0.3) is 11.1 Å². The van der Waals surface area contributed by atoms with E-state index in [2.05, 4.69) is 49.7 Å². The van der Waals surface area contributed by atoms with Crippen molar-refractivity contribution in [2.45, 2.75) is 58.2 Å². The average molecular weight is 603 g/mol. The van der Waals surface area contributed by atoms with Gasteiger partial charge in [0.25, 0.3) is 11.8 Å². The number of benzene rings is 2. The average Bonchev–Trinajstić information content (AvgIpc) is 3.07. The number of nitrogens with zero attached hydrogens (tertiary/aromatic N) is 4. The molecule has 2 amide bonds. The molecule has 2 aliphatic rings. The number of hydrogen-bond donors (Lipinski definition) is 2. The number of nitrogens with one attached hydrogen (secondary N) is 2. The molecule has 0 aliphatic carbocycles. The smallest absolute Gasteiger partial charge is 0.251 e. The second-order valence-electron chi connectivity index (χ2n) is 12.3. The standard InChI is InChI=1S/C37H42N6O2/c1-26-11-13-30(24-38-26)33-9-6-10-34(27(33)2)37(45)41-31-15-19-42(20-16-31)25-28-12-14-35(39-23-28)43-21-17-32(18-22-43)40-36(44)29-7-4-3-5-8-29/h3-14,23-24,31-32H,15-22,25H2,1-2H3,(H,40,44)(H,41,45). The Balaban J connectivity index is 0.948. The SMILES string of the molecule is Cc1ccc(-c2cccc(C(=O)NC3CCN(Cc4ccc(N5CCC(NC(=O)c6ccccc6)CC5)nc4)CC3)c2C)cn1. The van der Waals surface area contributed by atoms with Gasteiger partial charge in [0.15, 0.2) is 0 Å². The lowest BCUT2D eigenvalue weighted by atomic mass is 9.96. The first kappa shape index (κ1) is 30.5. The maximum atomic E-state index is 13.3. The molecule has 6 rings (SSSR count). The van der Waals surface area contributed by atoms with E-state index in [0.29, 0.717) is 5.56 Å². The summed E-state index contributed by atoms with van der Waals surface area (Å²) in [7, 11) is 0. The molecule has 232 valence electrons. The molecule has 4 aromatic rings. The molecule has 4 heterocycles. The molecule has 8 nitrogen and oxygen atoms in total. The number of carbonyl (C=O) groups is 2. The van der Waals surface area contributed by atoms with E-state index in [1.165, 1.54) is 5.56 Å². The number of rotatable bonds is 8. The summed E-state index contributed by atoms with van der Waals surface area (Å²) < 4.78 is 0. The van der Waals surface area contributed by atoms with Crippen LogP contribution < -0.4 is 15.5 Å². The summed E-state index contributed by atoms with van der Waals surface area (Å²) in [6.07, 6.45) is 7.52. The van der Waals surface area contributed by atoms with Crippen LogP contribution in [-0.2, 0) is 6.54 Å². The Labute approximate surface area is 265 Å². The van der Waals surface area contributed by atoms with E-state index in [1.54, 1.807) is 0 Å². The van der Waals surface area contributed by atoms with E-state index in [1.807, 2.05) is 74.8 Å². The van der Waals surface area contributed by atoms with Gasteiger partial charge in [0.1, 0.15) is 5.82 Å². The van der Waals surface area contributed by atoms with Crippen molar-refractivity contribution >= 4 is 17.6 Å². The number of anilines is 1. The predicted octanol–water partition coefficient (Wildman–Crippen LogP) is 5.55. The van der Waals surface area contributed by atoms with Crippen molar-refractivity contribution in [3.8, 4) is 11.1 Å². The first-order valence-electron chi connectivity index (χ1n) is 16.0. The van der Waals surface area contributed by atoms with Crippen LogP contribution in [0.1, 0.15) is 63.2 Å². The topological polar surface area (TPSA) is 90.5 Å². The van der Waals surface area contributed by atoms with Gasteiger partial charge < -0.3 is 15.5 Å². The van der Waals surface area contributed by atoms with Gasteiger partial charge in [-0.25, -0.2) is 4.98 Å². The highest BCUT2D eigenvalue weighted by atomic mass is 16.2. The van der Waals surface area contributed by atoms with Crippen LogP contribution in [0, 0.1) is 13.8 Å². The lowest BCUT2D eigenvalue weighted by molar-refractivity contribution is 0.0905. The number of amides is 2. The van der Waals surface area contributed by atoms with E-state index in [-0.39, 0.29) is 23.9 Å². The Hall–Kier alpha value is -4.56. The zero-order chi connectivity index (χ0) is 31.2. The maximum absolute atomic E-state index is 13.3. The van der Waals surface area contributed by atoms with Crippen LogP contribution in [0.2, 0.25) is 0 Å². The van der Waals surface area contributed by atoms with E-state index < -0.39 is 0 Å². The largest absolute Gasteiger partial charge is 0.356 e. The van der Waals surface area contributed by atoms with E-state index in [4.69, 9.17) is 4.98 Å². The molecule has 0 radical (unpaired) electrons. The van der Waals surface area contributed by atoms with Gasteiger partial charge in [-0.2, -0.15) is 0 Å². The molecule has 0 bridgehead atoms. The molecule has 2 N–H and O–H groups in total. The highest BCUT2D eigenvalue weighted by Gasteiger charge is 2.24. The number of pyridine rings is 2. The molecule has 0 atom stereocenters. The Kier molecular flexibility index (Phi) is 9.50. The summed E-state index contributed by atoms with van der Waals surface area (Å²) in [6.45, 7) is 8.46. The maximum Gasteiger partial charge on any atom is 0.251 e. The number of carbonyl (C=O) groups excluding carboxylic acids is 2. The monoisotopic (exact) mass is 602 g/mol. The fourth-order valence-corrected chi connectivity index (χ4v) is 6.39. The van der Waals surface area contributed by atoms with Gasteiger partial charge in [-0.15, -0.1) is 0 Å². The van der Waals surface area contributed by atoms with Gasteiger partial charge in [0.05, 0.1) is 0 Å². The molecule has 45 heavy (non-hydrogen) atoms. The quantitative estimate of drug-likeness (QED) is 0.275. The molecule has 8 heteroatoms. The Morgan fingerprint density at radius 1 is 0.733 bits per heavy atom. The highest BCUT2D eigenvalue weighted by Crippen LogP contribution is 2.26. The number of aryl methyl sites for hydroxylation is 1. The Morgan fingerprint density at radius 2 is 1.44 bits per heavy atom. The molecule has 2 aromatic heterocycles. The Bertz CT molecular complexity index is 1590. The molecule has 2 aromatic carbocycles. The van der Waals surface area contributed by atoms with E-state index >= 15 is 0 Å². The van der Waals surface area contributed by atoms with E-state index in [9.17, 15) is 9.59 Å². The van der Waals surface area contributed by atoms with Gasteiger partial charge in [0.2, 0.25) is 0 Å². The summed E-state index contributed by atoms with van der Waals surface area (Å²) >= 11 is 0. The third kappa shape index (κ3) is 7.57. The van der Waals surface area contributed by atoms with Crippen LogP contribution in [0.4, 0.5) is 5.82 Å². The van der Waals surface area contributed by atoms with Gasteiger partial charge in [-0.05, 0) is 86.6 Å². The Morgan fingerprint density at radius 3 is 2.11 bits per heavy atom. The summed E-state index contributed by atoms with van der Waals surface area (Å²) in [5.41, 5.74) is 6.66. The third-order valence-corrected chi connectivity index (χ3v) is 9.13. The van der Waals surface area contributed by atoms with Crippen LogP contribution in [0.3, 0.4) is 0 Å². The first-order chi connectivity index (χ1) is 21.9. The summed E-state index contributed by atoms with van der Waals surface area (Å²) in [6, 6.07) is 24.0. The fraction of sp³-hybridized carbons (Fsp3) is 0.351. The number of likely N-dealkylation sites (tertiary alicyclic amines) is 1. The van der Waals surface area contributed by atoms with Crippen molar-refractivity contribution in [3.05, 3.63) is 113 Å². The number of hydrogen-bond acceptors (Lipinski definition) is 6. The normalized spacial score (nSPS) is 16.4. The first-order valence-corrected chi connectivity index (χ1v) is 16.0. The van der Waals surface area contributed by atoms with Crippen molar-refractivity contribution in [2.75, 3.05) is 31.1 Å². The van der Waals surface area contributed by atoms with Crippen molar-refractivity contribution in [1.82, 2.24) is 25.5 Å². The number of piperidine rings is 2. The second-order valence-corrected chi connectivity index (χ2v) is 12.3. The van der Waals surface area contributed by atoms with E-state index in [0.717, 1.165) is 92.2 Å². The van der Waals surface area contributed by atoms with Crippen LogP contribution in [-0.4, -0.2) is 64.9 Å². The molecule has 2 fully saturated rings. The van der Waals surface area contributed by atoms with Crippen LogP contribution in [0.5, 0.6) is 0 Å². The van der Waals surface area contributed by atoms with Crippen molar-refractivity contribution < 1.29 is 9.59 Å². The molecule has 2 saturated heterocycles. The van der Waals surface area contributed by atoms with Gasteiger partial charge in [-0.3, -0.25) is 19.5 Å². The molecule has 0 spiro atoms. The summed E-state index contributed by atoms with van der Waals surface area (Å²) in [4.78, 5) is 39.7. The lowest BCUT2D eigenvalue weighted by Gasteiger charge is -2.34. The van der Waals surface area contributed by atoms with Crippen molar-refractivity contribution in [2.24, 2.45) is 0 Å². The van der Waals surface area contributed by atoms with Crippen molar-refractivity contribution in [3.63, 3.8) is 0 Å². The fourth-order valence-electron chi connectivity index (χ4n) is 6.39. The second kappa shape index (κ2) is 14.0. The molecule has 0 unspecified atom stereocenters. The minimum absolute atomic E-state index is 0.000308. The van der Waals surface area contributed by atoms with Gasteiger partial charge in [0, 0.05) is 79.6 Å². The van der Waals surface area contributed by atoms with Crippen LogP contribution >= 0.6 is 0 Å². The molecular weight excluding hydrogens is 560 g/mol. The zero-order valence-electron chi connectivity index (χ0n) is 26.2. The zero-order valence-corrected chi connectivity index (χ0v) is 26.2. The predicted molar refractivity (Wildman–Crippen MR) is 178 cm³/mol. The molecular formula is C37H42N6O2. The summed E-state index contributed by atoms with van der Waals surface area (Å²) in [5, 5.41) is 6.47. The minimum atomic E-state index is -0.00438. The lowest BCUT2D eigenvalue weighted by Crippen LogP contribution is -2.45. The number of aromatic nitrogens is 2. The van der Waals surface area contributed by atoms with Crippen LogP contribution in [0.15, 0.2) is 85.2 Å².